The fourth-order valence-electron chi connectivity index (χ4n) is 2.75. The van der Waals surface area contributed by atoms with Crippen molar-refractivity contribution in [3.8, 4) is 11.1 Å². The normalized spacial score (nSPS) is 10.7. The number of benzene rings is 3. The summed E-state index contributed by atoms with van der Waals surface area (Å²) in [5, 5.41) is 7.29. The van der Waals surface area contributed by atoms with Crippen LogP contribution in [0.1, 0.15) is 0 Å². The van der Waals surface area contributed by atoms with Crippen molar-refractivity contribution in [1.82, 2.24) is 0 Å². The Balaban J connectivity index is 1.51. The maximum Gasteiger partial charge on any atom is 0.323 e. The van der Waals surface area contributed by atoms with Gasteiger partial charge in [0.05, 0.1) is 6.26 Å². The molecule has 1 aromatic heterocycles. The highest BCUT2D eigenvalue weighted by molar-refractivity contribution is 6.30. The molecule has 3 aromatic carbocycles. The monoisotopic (exact) mass is 362 g/mol. The summed E-state index contributed by atoms with van der Waals surface area (Å²) in [6, 6.07) is 22.3. The number of carbonyl (C=O) groups excluding carboxylic acids is 1. The number of urea groups is 1. The zero-order chi connectivity index (χ0) is 17.9. The molecule has 4 rings (SSSR count). The van der Waals surface area contributed by atoms with Crippen LogP contribution in [0.4, 0.5) is 16.2 Å². The van der Waals surface area contributed by atoms with Crippen LogP contribution in [0.5, 0.6) is 0 Å². The number of amides is 2. The summed E-state index contributed by atoms with van der Waals surface area (Å²) >= 11 is 5.85. The Bertz CT molecular complexity index is 1070. The van der Waals surface area contributed by atoms with Crippen molar-refractivity contribution in [2.45, 2.75) is 0 Å². The van der Waals surface area contributed by atoms with E-state index >= 15 is 0 Å². The molecule has 1 heterocycles. The number of hydrogen-bond donors (Lipinski definition) is 2. The van der Waals surface area contributed by atoms with Crippen molar-refractivity contribution in [2.75, 3.05) is 10.6 Å². The largest absolute Gasteiger partial charge is 0.464 e. The quantitative estimate of drug-likeness (QED) is 0.443. The molecule has 0 aliphatic heterocycles. The van der Waals surface area contributed by atoms with E-state index < -0.39 is 0 Å². The number of nitrogens with one attached hydrogen (secondary N) is 2. The van der Waals surface area contributed by atoms with Gasteiger partial charge in [0.15, 0.2) is 0 Å². The lowest BCUT2D eigenvalue weighted by molar-refractivity contribution is 0.262. The van der Waals surface area contributed by atoms with E-state index in [1.165, 1.54) is 0 Å². The first-order valence-electron chi connectivity index (χ1n) is 8.09. The number of carbonyl (C=O) groups is 1. The van der Waals surface area contributed by atoms with Crippen molar-refractivity contribution >= 4 is 40.0 Å². The van der Waals surface area contributed by atoms with Crippen LogP contribution in [0, 0.1) is 0 Å². The molecular weight excluding hydrogens is 348 g/mol. The molecule has 0 saturated heterocycles. The third kappa shape index (κ3) is 3.55. The van der Waals surface area contributed by atoms with Crippen LogP contribution in [0.25, 0.3) is 22.1 Å². The Kier molecular flexibility index (Phi) is 4.33. The third-order valence-electron chi connectivity index (χ3n) is 4.01. The number of anilines is 2. The SMILES string of the molecule is O=C(Nc1ccc(Cl)cc1)Nc1cccc(-c2ccc3occc3c2)c1. The van der Waals surface area contributed by atoms with Gasteiger partial charge < -0.3 is 15.1 Å². The predicted octanol–water partition coefficient (Wildman–Crippen LogP) is 6.40. The van der Waals surface area contributed by atoms with Crippen LogP contribution >= 0.6 is 11.6 Å². The van der Waals surface area contributed by atoms with Gasteiger partial charge >= 0.3 is 6.03 Å². The van der Waals surface area contributed by atoms with Gasteiger partial charge in [0.2, 0.25) is 0 Å². The summed E-state index contributed by atoms with van der Waals surface area (Å²) in [5.41, 5.74) is 4.30. The minimum Gasteiger partial charge on any atom is -0.464 e. The Labute approximate surface area is 155 Å². The summed E-state index contributed by atoms with van der Waals surface area (Å²) < 4.78 is 5.38. The maximum atomic E-state index is 12.2. The van der Waals surface area contributed by atoms with Crippen LogP contribution < -0.4 is 10.6 Å². The lowest BCUT2D eigenvalue weighted by atomic mass is 10.0. The number of fused-ring (bicyclic) bond motifs is 1. The van der Waals surface area contributed by atoms with Gasteiger partial charge in [0.1, 0.15) is 5.58 Å². The fraction of sp³-hybridized carbons (Fsp3) is 0. The molecule has 0 aliphatic carbocycles. The molecule has 0 radical (unpaired) electrons. The molecule has 0 aliphatic rings. The minimum atomic E-state index is -0.310. The maximum absolute atomic E-state index is 12.2. The summed E-state index contributed by atoms with van der Waals surface area (Å²) in [6.45, 7) is 0. The Morgan fingerprint density at radius 3 is 2.42 bits per heavy atom. The first kappa shape index (κ1) is 16.2. The number of hydrogen-bond acceptors (Lipinski definition) is 2. The van der Waals surface area contributed by atoms with Gasteiger partial charge in [0, 0.05) is 21.8 Å². The lowest BCUT2D eigenvalue weighted by Crippen LogP contribution is -2.19. The van der Waals surface area contributed by atoms with E-state index in [0.29, 0.717) is 16.4 Å². The second-order valence-corrected chi connectivity index (χ2v) is 6.28. The molecule has 5 heteroatoms. The molecule has 0 bridgehead atoms. The van der Waals surface area contributed by atoms with Gasteiger partial charge in [-0.3, -0.25) is 0 Å². The fourth-order valence-corrected chi connectivity index (χ4v) is 2.88. The average molecular weight is 363 g/mol. The molecule has 0 fully saturated rings. The van der Waals surface area contributed by atoms with Gasteiger partial charge in [-0.1, -0.05) is 29.8 Å². The average Bonchev–Trinajstić information content (AvgIpc) is 3.11. The highest BCUT2D eigenvalue weighted by Crippen LogP contribution is 2.27. The number of rotatable bonds is 3. The first-order chi connectivity index (χ1) is 12.7. The van der Waals surface area contributed by atoms with Crippen molar-refractivity contribution in [3.63, 3.8) is 0 Å². The van der Waals surface area contributed by atoms with Crippen molar-refractivity contribution < 1.29 is 9.21 Å². The van der Waals surface area contributed by atoms with Crippen LogP contribution in [-0.2, 0) is 0 Å². The van der Waals surface area contributed by atoms with Gasteiger partial charge in [-0.15, -0.1) is 0 Å². The first-order valence-corrected chi connectivity index (χ1v) is 8.46. The van der Waals surface area contributed by atoms with Gasteiger partial charge in [-0.2, -0.15) is 0 Å². The van der Waals surface area contributed by atoms with Gasteiger partial charge in [-0.25, -0.2) is 4.79 Å². The molecule has 0 saturated carbocycles. The Morgan fingerprint density at radius 2 is 1.58 bits per heavy atom. The van der Waals surface area contributed by atoms with Crippen molar-refractivity contribution in [2.24, 2.45) is 0 Å². The van der Waals surface area contributed by atoms with Crippen LogP contribution in [-0.4, -0.2) is 6.03 Å². The smallest absolute Gasteiger partial charge is 0.323 e. The summed E-state index contributed by atoms with van der Waals surface area (Å²) in [4.78, 5) is 12.2. The number of halogens is 1. The molecule has 2 amide bonds. The van der Waals surface area contributed by atoms with Crippen LogP contribution in [0.15, 0.2) is 83.5 Å². The molecule has 4 nitrogen and oxygen atoms in total. The molecule has 0 unspecified atom stereocenters. The minimum absolute atomic E-state index is 0.310. The molecule has 26 heavy (non-hydrogen) atoms. The summed E-state index contributed by atoms with van der Waals surface area (Å²) in [7, 11) is 0. The molecule has 0 atom stereocenters. The highest BCUT2D eigenvalue weighted by atomic mass is 35.5. The zero-order valence-corrected chi connectivity index (χ0v) is 14.5. The van der Waals surface area contributed by atoms with Crippen molar-refractivity contribution in [1.29, 1.82) is 0 Å². The zero-order valence-electron chi connectivity index (χ0n) is 13.7. The molecule has 0 spiro atoms. The van der Waals surface area contributed by atoms with Crippen LogP contribution in [0.2, 0.25) is 5.02 Å². The van der Waals surface area contributed by atoms with E-state index in [-0.39, 0.29) is 6.03 Å². The van der Waals surface area contributed by atoms with Crippen LogP contribution in [0.3, 0.4) is 0 Å². The topological polar surface area (TPSA) is 54.3 Å². The van der Waals surface area contributed by atoms with E-state index in [4.69, 9.17) is 16.0 Å². The van der Waals surface area contributed by atoms with Gasteiger partial charge in [0.25, 0.3) is 0 Å². The van der Waals surface area contributed by atoms with Crippen molar-refractivity contribution in [3.05, 3.63) is 84.1 Å². The highest BCUT2D eigenvalue weighted by Gasteiger charge is 2.06. The Hall–Kier alpha value is -3.24. The van der Waals surface area contributed by atoms with E-state index in [1.54, 1.807) is 30.5 Å². The molecule has 128 valence electrons. The summed E-state index contributed by atoms with van der Waals surface area (Å²) in [5.74, 6) is 0. The molecule has 4 aromatic rings. The second-order valence-electron chi connectivity index (χ2n) is 5.84. The van der Waals surface area contributed by atoms with E-state index in [9.17, 15) is 4.79 Å². The second kappa shape index (κ2) is 6.94. The molecule has 2 N–H and O–H groups in total. The van der Waals surface area contributed by atoms with E-state index in [1.807, 2.05) is 42.5 Å². The Morgan fingerprint density at radius 1 is 0.808 bits per heavy atom. The lowest BCUT2D eigenvalue weighted by Gasteiger charge is -2.09. The number of furan rings is 1. The third-order valence-corrected chi connectivity index (χ3v) is 4.26. The summed E-state index contributed by atoms with van der Waals surface area (Å²) in [6.07, 6.45) is 1.67. The van der Waals surface area contributed by atoms with Gasteiger partial charge in [-0.05, 0) is 65.7 Å². The molecular formula is C21H15ClN2O2. The standard InChI is InChI=1S/C21H15ClN2O2/c22-17-5-7-18(8-6-17)23-21(25)24-19-3-1-2-14(13-19)15-4-9-20-16(12-15)10-11-26-20/h1-13H,(H2,23,24,25). The predicted molar refractivity (Wildman–Crippen MR) is 106 cm³/mol. The van der Waals surface area contributed by atoms with E-state index in [0.717, 1.165) is 22.1 Å². The van der Waals surface area contributed by atoms with E-state index in [2.05, 4.69) is 16.7 Å².